The van der Waals surface area contributed by atoms with E-state index in [2.05, 4.69) is 4.98 Å². The normalized spacial score (nSPS) is 17.2. The van der Waals surface area contributed by atoms with E-state index in [1.165, 1.54) is 11.1 Å². The molecule has 1 N–H and O–H groups in total. The van der Waals surface area contributed by atoms with Crippen molar-refractivity contribution in [2.45, 2.75) is 6.04 Å². The Hall–Kier alpha value is -2.93. The van der Waals surface area contributed by atoms with Gasteiger partial charge < -0.3 is 19.6 Å². The van der Waals surface area contributed by atoms with Crippen molar-refractivity contribution in [1.29, 1.82) is 0 Å². The first-order chi connectivity index (χ1) is 12.1. The molecule has 1 aliphatic heterocycles. The largest absolute Gasteiger partial charge is 0.480 e. The van der Waals surface area contributed by atoms with Crippen LogP contribution in [0.2, 0.25) is 0 Å². The molecule has 1 amide bonds. The predicted octanol–water partition coefficient (Wildman–Crippen LogP) is 1.78. The number of hydrogen-bond acceptors (Lipinski definition) is 5. The summed E-state index contributed by atoms with van der Waals surface area (Å²) in [5.41, 5.74) is 1.34. The number of carboxylic acids is 1. The Labute approximate surface area is 145 Å². The van der Waals surface area contributed by atoms with Gasteiger partial charge in [-0.15, -0.1) is 0 Å². The Morgan fingerprint density at radius 3 is 2.64 bits per heavy atom. The van der Waals surface area contributed by atoms with Crippen molar-refractivity contribution in [3.05, 3.63) is 54.2 Å². The fourth-order valence-electron chi connectivity index (χ4n) is 2.71. The highest BCUT2D eigenvalue weighted by molar-refractivity contribution is 5.96. The summed E-state index contributed by atoms with van der Waals surface area (Å²) in [6.45, 7) is 0.586. The van der Waals surface area contributed by atoms with Gasteiger partial charge in [-0.05, 0) is 24.3 Å². The van der Waals surface area contributed by atoms with E-state index in [-0.39, 0.29) is 19.1 Å². The molecule has 1 fully saturated rings. The Bertz CT molecular complexity index is 749. The number of anilines is 2. The van der Waals surface area contributed by atoms with E-state index in [0.29, 0.717) is 18.0 Å². The molecule has 0 saturated carbocycles. The molecule has 1 saturated heterocycles. The highest BCUT2D eigenvalue weighted by Gasteiger charge is 2.33. The topological polar surface area (TPSA) is 83.0 Å². The summed E-state index contributed by atoms with van der Waals surface area (Å²) >= 11 is 0. The van der Waals surface area contributed by atoms with Gasteiger partial charge in [0.2, 0.25) is 0 Å². The van der Waals surface area contributed by atoms with Crippen LogP contribution < -0.4 is 4.90 Å². The zero-order chi connectivity index (χ0) is 17.8. The molecule has 3 rings (SSSR count). The number of benzene rings is 1. The summed E-state index contributed by atoms with van der Waals surface area (Å²) in [6.07, 6.45) is 1.48. The molecule has 25 heavy (non-hydrogen) atoms. The standard InChI is InChI=1S/C18H19N3O4/c1-20(14-5-3-2-4-6-14)16-8-7-13(11-19-16)17(22)21-9-10-25-12-15(21)18(23)24/h2-8,11,15H,9-10,12H2,1H3,(H,23,24). The van der Waals surface area contributed by atoms with Crippen molar-refractivity contribution < 1.29 is 19.4 Å². The minimum Gasteiger partial charge on any atom is -0.480 e. The lowest BCUT2D eigenvalue weighted by atomic mass is 10.1. The Morgan fingerprint density at radius 1 is 1.24 bits per heavy atom. The molecule has 2 heterocycles. The molecule has 7 nitrogen and oxygen atoms in total. The van der Waals surface area contributed by atoms with Crippen molar-refractivity contribution in [1.82, 2.24) is 9.88 Å². The molecule has 0 bridgehead atoms. The number of aliphatic carboxylic acids is 1. The van der Waals surface area contributed by atoms with Crippen molar-refractivity contribution >= 4 is 23.4 Å². The molecule has 0 spiro atoms. The maximum Gasteiger partial charge on any atom is 0.328 e. The number of carbonyl (C=O) groups excluding carboxylic acids is 1. The van der Waals surface area contributed by atoms with E-state index < -0.39 is 12.0 Å². The summed E-state index contributed by atoms with van der Waals surface area (Å²) in [4.78, 5) is 31.5. The molecule has 7 heteroatoms. The minimum absolute atomic E-state index is 0.00330. The Kier molecular flexibility index (Phi) is 4.95. The van der Waals surface area contributed by atoms with Gasteiger partial charge in [-0.1, -0.05) is 18.2 Å². The molecule has 0 radical (unpaired) electrons. The molecule has 0 aliphatic carbocycles. The predicted molar refractivity (Wildman–Crippen MR) is 92.0 cm³/mol. The average Bonchev–Trinajstić information content (AvgIpc) is 2.67. The van der Waals surface area contributed by atoms with Gasteiger partial charge in [0.25, 0.3) is 5.91 Å². The highest BCUT2D eigenvalue weighted by Crippen LogP contribution is 2.21. The van der Waals surface area contributed by atoms with Crippen LogP contribution in [-0.2, 0) is 9.53 Å². The lowest BCUT2D eigenvalue weighted by Gasteiger charge is -2.32. The van der Waals surface area contributed by atoms with Gasteiger partial charge >= 0.3 is 5.97 Å². The molecule has 1 aromatic carbocycles. The maximum atomic E-state index is 12.6. The fraction of sp³-hybridized carbons (Fsp3) is 0.278. The van der Waals surface area contributed by atoms with Crippen LogP contribution in [-0.4, -0.2) is 59.7 Å². The van der Waals surface area contributed by atoms with Crippen LogP contribution in [0, 0.1) is 0 Å². The lowest BCUT2D eigenvalue weighted by Crippen LogP contribution is -2.52. The number of carboxylic acid groups (broad SMARTS) is 1. The second-order valence-electron chi connectivity index (χ2n) is 5.73. The SMILES string of the molecule is CN(c1ccccc1)c1ccc(C(=O)N2CCOCC2C(=O)O)cn1. The molecule has 2 aromatic rings. The summed E-state index contributed by atoms with van der Waals surface area (Å²) in [5.74, 6) is -0.724. The van der Waals surface area contributed by atoms with E-state index in [1.807, 2.05) is 42.3 Å². The molecule has 1 atom stereocenters. The van der Waals surface area contributed by atoms with E-state index in [1.54, 1.807) is 12.1 Å². The fourth-order valence-corrected chi connectivity index (χ4v) is 2.71. The van der Waals surface area contributed by atoms with Crippen molar-refractivity contribution in [3.63, 3.8) is 0 Å². The molecule has 1 aromatic heterocycles. The number of morpholine rings is 1. The van der Waals surface area contributed by atoms with Crippen LogP contribution in [0.5, 0.6) is 0 Å². The van der Waals surface area contributed by atoms with Crippen LogP contribution >= 0.6 is 0 Å². The van der Waals surface area contributed by atoms with Gasteiger partial charge in [-0.3, -0.25) is 4.79 Å². The molecular weight excluding hydrogens is 322 g/mol. The third kappa shape index (κ3) is 3.61. The van der Waals surface area contributed by atoms with Crippen LogP contribution in [0.4, 0.5) is 11.5 Å². The summed E-state index contributed by atoms with van der Waals surface area (Å²) in [7, 11) is 1.89. The van der Waals surface area contributed by atoms with E-state index in [4.69, 9.17) is 4.74 Å². The second-order valence-corrected chi connectivity index (χ2v) is 5.73. The first kappa shape index (κ1) is 16.9. The maximum absolute atomic E-state index is 12.6. The zero-order valence-corrected chi connectivity index (χ0v) is 13.8. The van der Waals surface area contributed by atoms with Gasteiger partial charge in [0.15, 0.2) is 6.04 Å². The number of para-hydroxylation sites is 1. The number of aromatic nitrogens is 1. The molecular formula is C18H19N3O4. The van der Waals surface area contributed by atoms with Crippen molar-refractivity contribution in [2.75, 3.05) is 31.7 Å². The third-order valence-corrected chi connectivity index (χ3v) is 4.16. The quantitative estimate of drug-likeness (QED) is 0.913. The van der Waals surface area contributed by atoms with Gasteiger partial charge in [0, 0.05) is 25.5 Å². The first-order valence-corrected chi connectivity index (χ1v) is 7.94. The third-order valence-electron chi connectivity index (χ3n) is 4.16. The van der Waals surface area contributed by atoms with E-state index >= 15 is 0 Å². The summed E-state index contributed by atoms with van der Waals surface area (Å²) < 4.78 is 5.16. The Balaban J connectivity index is 1.77. The van der Waals surface area contributed by atoms with Gasteiger partial charge in [-0.2, -0.15) is 0 Å². The molecule has 1 unspecified atom stereocenters. The second kappa shape index (κ2) is 7.31. The van der Waals surface area contributed by atoms with Crippen molar-refractivity contribution in [3.8, 4) is 0 Å². The van der Waals surface area contributed by atoms with Gasteiger partial charge in [0.05, 0.1) is 18.8 Å². The van der Waals surface area contributed by atoms with E-state index in [0.717, 1.165) is 5.69 Å². The molecule has 1 aliphatic rings. The van der Waals surface area contributed by atoms with Crippen LogP contribution in [0.3, 0.4) is 0 Å². The van der Waals surface area contributed by atoms with E-state index in [9.17, 15) is 14.7 Å². The molecule has 130 valence electrons. The van der Waals surface area contributed by atoms with Crippen LogP contribution in [0.15, 0.2) is 48.7 Å². The first-order valence-electron chi connectivity index (χ1n) is 7.94. The van der Waals surface area contributed by atoms with Gasteiger partial charge in [-0.25, -0.2) is 9.78 Å². The number of pyridine rings is 1. The lowest BCUT2D eigenvalue weighted by molar-refractivity contribution is -0.147. The zero-order valence-electron chi connectivity index (χ0n) is 13.8. The smallest absolute Gasteiger partial charge is 0.328 e. The van der Waals surface area contributed by atoms with Crippen LogP contribution in [0.25, 0.3) is 0 Å². The van der Waals surface area contributed by atoms with Crippen molar-refractivity contribution in [2.24, 2.45) is 0 Å². The highest BCUT2D eigenvalue weighted by atomic mass is 16.5. The number of hydrogen-bond donors (Lipinski definition) is 1. The minimum atomic E-state index is -1.07. The monoisotopic (exact) mass is 341 g/mol. The number of rotatable bonds is 4. The number of amides is 1. The number of ether oxygens (including phenoxy) is 1. The number of nitrogens with zero attached hydrogens (tertiary/aromatic N) is 3. The van der Waals surface area contributed by atoms with Gasteiger partial charge in [0.1, 0.15) is 5.82 Å². The summed E-state index contributed by atoms with van der Waals surface area (Å²) in [5, 5.41) is 9.25. The summed E-state index contributed by atoms with van der Waals surface area (Å²) in [6, 6.07) is 12.2. The van der Waals surface area contributed by atoms with Crippen LogP contribution in [0.1, 0.15) is 10.4 Å². The average molecular weight is 341 g/mol. The number of carbonyl (C=O) groups is 2. The Morgan fingerprint density at radius 2 is 2.00 bits per heavy atom.